The van der Waals surface area contributed by atoms with Crippen LogP contribution in [0.5, 0.6) is 0 Å². The van der Waals surface area contributed by atoms with Crippen LogP contribution in [0, 0.1) is 10.1 Å². The van der Waals surface area contributed by atoms with Crippen molar-refractivity contribution in [2.75, 3.05) is 0 Å². The monoisotopic (exact) mass is 324 g/mol. The number of nitro benzene ring substituents is 1. The normalized spacial score (nSPS) is 10.4. The molecule has 0 aliphatic rings. The maximum absolute atomic E-state index is 10.8. The van der Waals surface area contributed by atoms with Crippen LogP contribution in [-0.4, -0.2) is 20.6 Å². The van der Waals surface area contributed by atoms with Crippen molar-refractivity contribution in [2.45, 2.75) is 6.54 Å². The second-order valence-electron chi connectivity index (χ2n) is 3.91. The van der Waals surface area contributed by atoms with Crippen molar-refractivity contribution in [3.63, 3.8) is 0 Å². The summed E-state index contributed by atoms with van der Waals surface area (Å²) >= 11 is 3.26. The van der Waals surface area contributed by atoms with Crippen LogP contribution in [0.4, 0.5) is 5.69 Å². The number of rotatable bonds is 4. The highest BCUT2D eigenvalue weighted by Crippen LogP contribution is 2.19. The van der Waals surface area contributed by atoms with Crippen LogP contribution in [0.25, 0.3) is 0 Å². The van der Waals surface area contributed by atoms with Crippen LogP contribution in [0.15, 0.2) is 41.1 Å². The molecule has 0 saturated carbocycles. The maximum Gasteiger partial charge on any atom is 0.337 e. The third-order valence-electron chi connectivity index (χ3n) is 2.57. The quantitative estimate of drug-likeness (QED) is 0.692. The largest absolute Gasteiger partial charge is 0.478 e. The number of aromatic carboxylic acids is 1. The van der Waals surface area contributed by atoms with E-state index in [1.807, 2.05) is 0 Å². The Labute approximate surface area is 116 Å². The van der Waals surface area contributed by atoms with E-state index in [9.17, 15) is 14.9 Å². The number of benzene rings is 1. The maximum atomic E-state index is 10.8. The summed E-state index contributed by atoms with van der Waals surface area (Å²) in [5.74, 6) is -1.02. The summed E-state index contributed by atoms with van der Waals surface area (Å²) in [5, 5.41) is 19.6. The van der Waals surface area contributed by atoms with Gasteiger partial charge in [-0.3, -0.25) is 10.1 Å². The van der Waals surface area contributed by atoms with Crippen LogP contribution in [-0.2, 0) is 6.54 Å². The summed E-state index contributed by atoms with van der Waals surface area (Å²) in [7, 11) is 0. The van der Waals surface area contributed by atoms with Gasteiger partial charge < -0.3 is 9.67 Å². The van der Waals surface area contributed by atoms with Gasteiger partial charge in [-0.15, -0.1) is 0 Å². The zero-order chi connectivity index (χ0) is 14.0. The minimum Gasteiger partial charge on any atom is -0.478 e. The molecule has 1 aromatic carbocycles. The number of aromatic nitrogens is 1. The number of nitro groups is 1. The van der Waals surface area contributed by atoms with E-state index in [1.165, 1.54) is 24.4 Å². The molecule has 0 spiro atoms. The first-order valence-corrected chi connectivity index (χ1v) is 6.09. The minimum absolute atomic E-state index is 0.0132. The molecular formula is C12H9BrN2O4. The van der Waals surface area contributed by atoms with E-state index in [1.54, 1.807) is 16.7 Å². The van der Waals surface area contributed by atoms with Gasteiger partial charge in [0.15, 0.2) is 0 Å². The van der Waals surface area contributed by atoms with Crippen molar-refractivity contribution >= 4 is 27.6 Å². The third kappa shape index (κ3) is 3.00. The zero-order valence-electron chi connectivity index (χ0n) is 9.62. The molecule has 0 unspecified atom stereocenters. The predicted octanol–water partition coefficient (Wildman–Crippen LogP) is 2.91. The predicted molar refractivity (Wildman–Crippen MR) is 71.3 cm³/mol. The van der Waals surface area contributed by atoms with Gasteiger partial charge in [0.25, 0.3) is 5.69 Å². The Morgan fingerprint density at radius 1 is 1.42 bits per heavy atom. The van der Waals surface area contributed by atoms with Crippen molar-refractivity contribution in [1.29, 1.82) is 0 Å². The van der Waals surface area contributed by atoms with Gasteiger partial charge in [-0.05, 0) is 27.6 Å². The lowest BCUT2D eigenvalue weighted by atomic mass is 10.2. The molecule has 7 heteroatoms. The Hall–Kier alpha value is -2.15. The van der Waals surface area contributed by atoms with E-state index in [0.717, 1.165) is 5.56 Å². The van der Waals surface area contributed by atoms with E-state index >= 15 is 0 Å². The Kier molecular flexibility index (Phi) is 3.66. The number of carboxylic acids is 1. The average molecular weight is 325 g/mol. The van der Waals surface area contributed by atoms with Crippen LogP contribution < -0.4 is 0 Å². The molecule has 0 atom stereocenters. The lowest BCUT2D eigenvalue weighted by Crippen LogP contribution is -2.00. The lowest BCUT2D eigenvalue weighted by Gasteiger charge is -2.04. The highest BCUT2D eigenvalue weighted by Gasteiger charge is 2.11. The van der Waals surface area contributed by atoms with E-state index in [0.29, 0.717) is 11.1 Å². The Morgan fingerprint density at radius 3 is 2.74 bits per heavy atom. The number of halogens is 1. The van der Waals surface area contributed by atoms with Crippen molar-refractivity contribution in [3.8, 4) is 0 Å². The number of non-ortho nitro benzene ring substituents is 1. The van der Waals surface area contributed by atoms with Crippen LogP contribution in [0.2, 0.25) is 0 Å². The molecule has 2 rings (SSSR count). The number of carboxylic acid groups (broad SMARTS) is 1. The molecule has 98 valence electrons. The SMILES string of the molecule is O=C(O)c1cc(Br)n(Cc2cccc([N+](=O)[O-])c2)c1. The van der Waals surface area contributed by atoms with Gasteiger partial charge in [0.05, 0.1) is 15.1 Å². The first-order valence-electron chi connectivity index (χ1n) is 5.29. The van der Waals surface area contributed by atoms with Crippen molar-refractivity contribution in [1.82, 2.24) is 4.57 Å². The van der Waals surface area contributed by atoms with Crippen molar-refractivity contribution < 1.29 is 14.8 Å². The summed E-state index contributed by atoms with van der Waals surface area (Å²) in [6.45, 7) is 0.357. The summed E-state index contributed by atoms with van der Waals surface area (Å²) in [4.78, 5) is 21.1. The highest BCUT2D eigenvalue weighted by atomic mass is 79.9. The molecule has 0 amide bonds. The van der Waals surface area contributed by atoms with E-state index in [-0.39, 0.29) is 11.3 Å². The van der Waals surface area contributed by atoms with Crippen LogP contribution >= 0.6 is 15.9 Å². The average Bonchev–Trinajstić information content (AvgIpc) is 2.71. The molecule has 19 heavy (non-hydrogen) atoms. The van der Waals surface area contributed by atoms with E-state index in [4.69, 9.17) is 5.11 Å². The molecule has 0 saturated heterocycles. The van der Waals surface area contributed by atoms with Gasteiger partial charge in [-0.1, -0.05) is 12.1 Å². The molecule has 6 nitrogen and oxygen atoms in total. The molecular weight excluding hydrogens is 316 g/mol. The van der Waals surface area contributed by atoms with Gasteiger partial charge in [-0.2, -0.15) is 0 Å². The molecule has 0 aliphatic heterocycles. The van der Waals surface area contributed by atoms with Gasteiger partial charge in [-0.25, -0.2) is 4.79 Å². The fraction of sp³-hybridized carbons (Fsp3) is 0.0833. The number of carbonyl (C=O) groups is 1. The Morgan fingerprint density at radius 2 is 2.16 bits per heavy atom. The molecule has 0 radical (unpaired) electrons. The minimum atomic E-state index is -1.02. The second-order valence-corrected chi connectivity index (χ2v) is 4.72. The number of nitrogens with zero attached hydrogens (tertiary/aromatic N) is 2. The second kappa shape index (κ2) is 5.23. The van der Waals surface area contributed by atoms with Crippen molar-refractivity contribution in [2.24, 2.45) is 0 Å². The Bertz CT molecular complexity index is 651. The number of hydrogen-bond acceptors (Lipinski definition) is 3. The van der Waals surface area contributed by atoms with E-state index in [2.05, 4.69) is 15.9 Å². The third-order valence-corrected chi connectivity index (χ3v) is 3.25. The molecule has 2 aromatic rings. The van der Waals surface area contributed by atoms with Gasteiger partial charge in [0.2, 0.25) is 0 Å². The Balaban J connectivity index is 2.28. The highest BCUT2D eigenvalue weighted by molar-refractivity contribution is 9.10. The first kappa shape index (κ1) is 13.3. The van der Waals surface area contributed by atoms with E-state index < -0.39 is 10.9 Å². The molecule has 0 fully saturated rings. The van der Waals surface area contributed by atoms with Gasteiger partial charge in [0.1, 0.15) is 0 Å². The molecule has 0 aliphatic carbocycles. The molecule has 0 bridgehead atoms. The number of hydrogen-bond donors (Lipinski definition) is 1. The standard InChI is InChI=1S/C12H9BrN2O4/c13-11-5-9(12(16)17)7-14(11)6-8-2-1-3-10(4-8)15(18)19/h1-5,7H,6H2,(H,16,17). The van der Waals surface area contributed by atoms with Gasteiger partial charge in [0, 0.05) is 24.9 Å². The fourth-order valence-electron chi connectivity index (χ4n) is 1.68. The topological polar surface area (TPSA) is 85.4 Å². The summed E-state index contributed by atoms with van der Waals surface area (Å²) in [6.07, 6.45) is 1.48. The van der Waals surface area contributed by atoms with Gasteiger partial charge >= 0.3 is 5.97 Å². The lowest BCUT2D eigenvalue weighted by molar-refractivity contribution is -0.384. The van der Waals surface area contributed by atoms with Crippen molar-refractivity contribution in [3.05, 3.63) is 62.4 Å². The smallest absolute Gasteiger partial charge is 0.337 e. The molecule has 1 N–H and O–H groups in total. The summed E-state index contributed by atoms with van der Waals surface area (Å²) in [6, 6.07) is 7.71. The van der Waals surface area contributed by atoms with Crippen LogP contribution in [0.3, 0.4) is 0 Å². The van der Waals surface area contributed by atoms with Crippen LogP contribution in [0.1, 0.15) is 15.9 Å². The molecule has 1 heterocycles. The summed E-state index contributed by atoms with van der Waals surface area (Å²) in [5.41, 5.74) is 0.902. The first-order chi connectivity index (χ1) is 8.97. The fourth-order valence-corrected chi connectivity index (χ4v) is 2.16. The molecule has 1 aromatic heterocycles. The zero-order valence-corrected chi connectivity index (χ0v) is 11.2. The summed E-state index contributed by atoms with van der Waals surface area (Å²) < 4.78 is 2.28.